The third kappa shape index (κ3) is 5.91. The second-order valence-electron chi connectivity index (χ2n) is 10.5. The van der Waals surface area contributed by atoms with Crippen LogP contribution in [0.5, 0.6) is 0 Å². The van der Waals surface area contributed by atoms with Crippen LogP contribution in [0.4, 0.5) is 22.2 Å². The fraction of sp³-hybridized carbons (Fsp3) is 0.607. The average molecular weight is 494 g/mol. The molecular formula is C28H43N7O. The minimum Gasteiger partial charge on any atom is -0.362 e. The molecule has 196 valence electrons. The van der Waals surface area contributed by atoms with Crippen LogP contribution in [-0.4, -0.2) is 42.2 Å². The maximum absolute atomic E-state index is 12.6. The number of aryl methyl sites for hydroxylation is 2. The summed E-state index contributed by atoms with van der Waals surface area (Å²) in [5.41, 5.74) is 17.6. The van der Waals surface area contributed by atoms with E-state index < -0.39 is 6.03 Å². The highest BCUT2D eigenvalue weighted by Gasteiger charge is 2.31. The van der Waals surface area contributed by atoms with Gasteiger partial charge in [-0.25, -0.2) is 9.78 Å². The SMILES string of the molecule is CCCCc1ccc(N(C(N)=O)[C@H]2CC[C@@H](Nc3nc4c(c(N(C)C)n3)CCCC4)CC2)c(CN)c1. The number of fused-ring (bicyclic) bond motifs is 1. The van der Waals surface area contributed by atoms with Crippen molar-refractivity contribution in [2.45, 2.75) is 96.2 Å². The van der Waals surface area contributed by atoms with Crippen LogP contribution < -0.4 is 26.6 Å². The van der Waals surface area contributed by atoms with Crippen LogP contribution in [0.15, 0.2) is 18.2 Å². The van der Waals surface area contributed by atoms with Crippen LogP contribution >= 0.6 is 0 Å². The number of nitrogens with zero attached hydrogens (tertiary/aromatic N) is 4. The van der Waals surface area contributed by atoms with Crippen molar-refractivity contribution in [3.8, 4) is 0 Å². The van der Waals surface area contributed by atoms with Crippen molar-refractivity contribution in [3.05, 3.63) is 40.6 Å². The molecule has 0 atom stereocenters. The molecule has 36 heavy (non-hydrogen) atoms. The van der Waals surface area contributed by atoms with Crippen molar-refractivity contribution in [3.63, 3.8) is 0 Å². The van der Waals surface area contributed by atoms with Gasteiger partial charge in [0.25, 0.3) is 0 Å². The Balaban J connectivity index is 1.45. The molecule has 1 saturated carbocycles. The van der Waals surface area contributed by atoms with Crippen molar-refractivity contribution in [1.29, 1.82) is 0 Å². The lowest BCUT2D eigenvalue weighted by Gasteiger charge is -2.37. The van der Waals surface area contributed by atoms with E-state index in [0.717, 1.165) is 80.8 Å². The van der Waals surface area contributed by atoms with Crippen molar-refractivity contribution in [2.75, 3.05) is 29.2 Å². The van der Waals surface area contributed by atoms with Crippen molar-refractivity contribution < 1.29 is 4.79 Å². The number of primary amides is 1. The Hall–Kier alpha value is -2.87. The highest BCUT2D eigenvalue weighted by atomic mass is 16.2. The second kappa shape index (κ2) is 11.9. The third-order valence-corrected chi connectivity index (χ3v) is 7.66. The van der Waals surface area contributed by atoms with Gasteiger partial charge in [-0.1, -0.05) is 25.5 Å². The molecule has 2 aliphatic rings. The van der Waals surface area contributed by atoms with E-state index in [4.69, 9.17) is 21.4 Å². The van der Waals surface area contributed by atoms with Gasteiger partial charge in [0, 0.05) is 38.3 Å². The number of anilines is 3. The van der Waals surface area contributed by atoms with Gasteiger partial charge >= 0.3 is 6.03 Å². The molecule has 8 heteroatoms. The van der Waals surface area contributed by atoms with E-state index in [1.807, 2.05) is 6.07 Å². The molecular weight excluding hydrogens is 450 g/mol. The zero-order valence-electron chi connectivity index (χ0n) is 22.2. The van der Waals surface area contributed by atoms with Crippen LogP contribution in [0.3, 0.4) is 0 Å². The summed E-state index contributed by atoms with van der Waals surface area (Å²) in [6.45, 7) is 2.58. The summed E-state index contributed by atoms with van der Waals surface area (Å²) < 4.78 is 0. The lowest BCUT2D eigenvalue weighted by atomic mass is 9.89. The predicted molar refractivity (Wildman–Crippen MR) is 148 cm³/mol. The highest BCUT2D eigenvalue weighted by Crippen LogP contribution is 2.33. The lowest BCUT2D eigenvalue weighted by molar-refractivity contribution is 0.248. The van der Waals surface area contributed by atoms with Gasteiger partial charge in [0.1, 0.15) is 5.82 Å². The molecule has 1 heterocycles. The molecule has 2 amide bonds. The van der Waals surface area contributed by atoms with Gasteiger partial charge < -0.3 is 21.7 Å². The Morgan fingerprint density at radius 1 is 1.11 bits per heavy atom. The number of amides is 2. The van der Waals surface area contributed by atoms with Gasteiger partial charge in [0.2, 0.25) is 5.95 Å². The van der Waals surface area contributed by atoms with Crippen molar-refractivity contribution >= 4 is 23.5 Å². The minimum absolute atomic E-state index is 0.0640. The molecule has 0 spiro atoms. The van der Waals surface area contributed by atoms with E-state index in [1.165, 1.54) is 29.7 Å². The summed E-state index contributed by atoms with van der Waals surface area (Å²) >= 11 is 0. The number of urea groups is 1. The number of rotatable bonds is 9. The molecule has 2 aromatic rings. The molecule has 1 fully saturated rings. The number of aromatic nitrogens is 2. The number of hydrogen-bond acceptors (Lipinski definition) is 6. The zero-order valence-corrected chi connectivity index (χ0v) is 22.2. The van der Waals surface area contributed by atoms with Gasteiger partial charge in [-0.15, -0.1) is 0 Å². The average Bonchev–Trinajstić information content (AvgIpc) is 2.88. The van der Waals surface area contributed by atoms with E-state index in [0.29, 0.717) is 6.54 Å². The smallest absolute Gasteiger partial charge is 0.319 e. The Labute approximate surface area is 215 Å². The summed E-state index contributed by atoms with van der Waals surface area (Å²) in [5, 5.41) is 3.60. The Morgan fingerprint density at radius 3 is 2.53 bits per heavy atom. The van der Waals surface area contributed by atoms with Gasteiger partial charge in [-0.3, -0.25) is 4.90 Å². The Bertz CT molecular complexity index is 1050. The molecule has 2 aliphatic carbocycles. The monoisotopic (exact) mass is 493 g/mol. The predicted octanol–water partition coefficient (Wildman–Crippen LogP) is 4.53. The first kappa shape index (κ1) is 26.2. The van der Waals surface area contributed by atoms with Crippen LogP contribution in [0, 0.1) is 0 Å². The number of carbonyl (C=O) groups excluding carboxylic acids is 1. The summed E-state index contributed by atoms with van der Waals surface area (Å²) in [4.78, 5) is 26.2. The first-order chi connectivity index (χ1) is 17.4. The van der Waals surface area contributed by atoms with E-state index in [2.05, 4.69) is 43.4 Å². The molecule has 4 rings (SSSR count). The first-order valence-electron chi connectivity index (χ1n) is 13.6. The zero-order chi connectivity index (χ0) is 25.7. The molecule has 0 aliphatic heterocycles. The third-order valence-electron chi connectivity index (χ3n) is 7.66. The molecule has 8 nitrogen and oxygen atoms in total. The summed E-state index contributed by atoms with van der Waals surface area (Å²) in [7, 11) is 4.10. The van der Waals surface area contributed by atoms with Crippen LogP contribution in [0.25, 0.3) is 0 Å². The molecule has 5 N–H and O–H groups in total. The second-order valence-corrected chi connectivity index (χ2v) is 10.5. The standard InChI is InChI=1S/C28H43N7O/c1-4-5-8-19-11-16-25(20(17-19)18-29)35(27(30)36)22-14-12-21(13-15-22)31-28-32-24-10-7-6-9-23(24)26(33-28)34(2)3/h11,16-17,21-22H,4-10,12-15,18,29H2,1-3H3,(H2,30,36)(H,31,32,33)/t21-,22+. The molecule has 1 aromatic carbocycles. The summed E-state index contributed by atoms with van der Waals surface area (Å²) in [5.74, 6) is 1.76. The molecule has 1 aromatic heterocycles. The minimum atomic E-state index is -0.406. The fourth-order valence-electron chi connectivity index (χ4n) is 5.74. The Kier molecular flexibility index (Phi) is 8.67. The van der Waals surface area contributed by atoms with Crippen LogP contribution in [0.2, 0.25) is 0 Å². The van der Waals surface area contributed by atoms with Gasteiger partial charge in [0.15, 0.2) is 0 Å². The largest absolute Gasteiger partial charge is 0.362 e. The molecule has 0 saturated heterocycles. The van der Waals surface area contributed by atoms with Crippen LogP contribution in [-0.2, 0) is 25.8 Å². The number of hydrogen-bond donors (Lipinski definition) is 3. The maximum Gasteiger partial charge on any atom is 0.319 e. The summed E-state index contributed by atoms with van der Waals surface area (Å²) in [6, 6.07) is 6.22. The number of nitrogens with two attached hydrogens (primary N) is 2. The van der Waals surface area contributed by atoms with E-state index in [1.54, 1.807) is 4.90 Å². The summed E-state index contributed by atoms with van der Waals surface area (Å²) in [6.07, 6.45) is 11.4. The fourth-order valence-corrected chi connectivity index (χ4v) is 5.74. The van der Waals surface area contributed by atoms with Gasteiger partial charge in [-0.05, 0) is 81.4 Å². The number of carbonyl (C=O) groups is 1. The number of unbranched alkanes of at least 4 members (excludes halogenated alkanes) is 1. The highest BCUT2D eigenvalue weighted by molar-refractivity contribution is 5.92. The topological polar surface area (TPSA) is 113 Å². The first-order valence-corrected chi connectivity index (χ1v) is 13.6. The number of benzene rings is 1. The van der Waals surface area contributed by atoms with E-state index in [-0.39, 0.29) is 12.1 Å². The van der Waals surface area contributed by atoms with E-state index >= 15 is 0 Å². The quantitative estimate of drug-likeness (QED) is 0.473. The van der Waals surface area contributed by atoms with Gasteiger partial charge in [0.05, 0.1) is 11.4 Å². The molecule has 0 bridgehead atoms. The van der Waals surface area contributed by atoms with Gasteiger partial charge in [-0.2, -0.15) is 4.98 Å². The Morgan fingerprint density at radius 2 is 1.86 bits per heavy atom. The molecule has 0 unspecified atom stereocenters. The van der Waals surface area contributed by atoms with E-state index in [9.17, 15) is 4.79 Å². The van der Waals surface area contributed by atoms with Crippen molar-refractivity contribution in [2.24, 2.45) is 11.5 Å². The van der Waals surface area contributed by atoms with Crippen LogP contribution in [0.1, 0.15) is 80.7 Å². The van der Waals surface area contributed by atoms with Crippen molar-refractivity contribution in [1.82, 2.24) is 9.97 Å². The maximum atomic E-state index is 12.6. The normalized spacial score (nSPS) is 19.4. The lowest BCUT2D eigenvalue weighted by Crippen LogP contribution is -2.47. The molecule has 0 radical (unpaired) electrons. The number of nitrogens with one attached hydrogen (secondary N) is 1.